The minimum atomic E-state index is -0.324. The van der Waals surface area contributed by atoms with E-state index in [1.807, 2.05) is 48.5 Å². The lowest BCUT2D eigenvalue weighted by molar-refractivity contribution is -0.123. The molecule has 0 heterocycles. The number of hydrogen-bond donors (Lipinski definition) is 2. The molecule has 0 aliphatic carbocycles. The molecule has 2 N–H and O–H groups in total. The Morgan fingerprint density at radius 3 is 1.71 bits per heavy atom. The maximum atomic E-state index is 12.0. The molecule has 0 saturated heterocycles. The first-order chi connectivity index (χ1) is 11.5. The van der Waals surface area contributed by atoms with Gasteiger partial charge in [0.2, 0.25) is 11.8 Å². The molecule has 24 heavy (non-hydrogen) atoms. The van der Waals surface area contributed by atoms with Crippen LogP contribution in [0.4, 0.5) is 11.4 Å². The first-order valence-corrected chi connectivity index (χ1v) is 8.26. The van der Waals surface area contributed by atoms with Crippen molar-refractivity contribution in [2.75, 3.05) is 10.6 Å². The Labute approximate surface area is 143 Å². The fourth-order valence-corrected chi connectivity index (χ4v) is 2.33. The summed E-state index contributed by atoms with van der Waals surface area (Å²) in [5, 5.41) is 5.48. The van der Waals surface area contributed by atoms with Crippen molar-refractivity contribution in [2.24, 2.45) is 0 Å². The lowest BCUT2D eigenvalue weighted by Crippen LogP contribution is -2.21. The average Bonchev–Trinajstić information content (AvgIpc) is 2.55. The summed E-state index contributed by atoms with van der Waals surface area (Å²) in [6.45, 7) is 6.31. The number of hydrogen-bond acceptors (Lipinski definition) is 2. The van der Waals surface area contributed by atoms with Gasteiger partial charge in [-0.1, -0.05) is 45.0 Å². The number of carbonyl (C=O) groups is 2. The molecule has 126 valence electrons. The van der Waals surface area contributed by atoms with Gasteiger partial charge in [0.05, 0.1) is 0 Å². The van der Waals surface area contributed by atoms with Gasteiger partial charge >= 0.3 is 0 Å². The van der Waals surface area contributed by atoms with Crippen molar-refractivity contribution in [1.82, 2.24) is 0 Å². The molecule has 0 spiro atoms. The maximum Gasteiger partial charge on any atom is 0.233 e. The molecule has 0 aliphatic rings. The van der Waals surface area contributed by atoms with E-state index in [1.54, 1.807) is 0 Å². The van der Waals surface area contributed by atoms with E-state index in [2.05, 4.69) is 31.4 Å². The second-order valence-electron chi connectivity index (χ2n) is 6.10. The lowest BCUT2D eigenvalue weighted by Gasteiger charge is -2.09. The Bertz CT molecular complexity index is 689. The number of carbonyl (C=O) groups excluding carboxylic acids is 2. The van der Waals surface area contributed by atoms with Gasteiger partial charge in [-0.3, -0.25) is 9.59 Å². The number of anilines is 2. The third-order valence-corrected chi connectivity index (χ3v) is 3.83. The van der Waals surface area contributed by atoms with Crippen LogP contribution in [0.25, 0.3) is 0 Å². The van der Waals surface area contributed by atoms with E-state index in [0.717, 1.165) is 6.42 Å². The van der Waals surface area contributed by atoms with Gasteiger partial charge in [-0.05, 0) is 47.7 Å². The largest absolute Gasteiger partial charge is 0.326 e. The zero-order valence-corrected chi connectivity index (χ0v) is 14.4. The van der Waals surface area contributed by atoms with Gasteiger partial charge in [0.25, 0.3) is 0 Å². The van der Waals surface area contributed by atoms with Crippen LogP contribution in [0, 0.1) is 0 Å². The van der Waals surface area contributed by atoms with E-state index in [1.165, 1.54) is 11.1 Å². The third-order valence-electron chi connectivity index (χ3n) is 3.83. The Morgan fingerprint density at radius 2 is 1.29 bits per heavy atom. The summed E-state index contributed by atoms with van der Waals surface area (Å²) in [5.41, 5.74) is 3.81. The fourth-order valence-electron chi connectivity index (χ4n) is 2.33. The van der Waals surface area contributed by atoms with E-state index in [0.29, 0.717) is 17.3 Å². The second-order valence-corrected chi connectivity index (χ2v) is 6.10. The van der Waals surface area contributed by atoms with Crippen molar-refractivity contribution in [3.05, 3.63) is 59.7 Å². The highest BCUT2D eigenvalue weighted by atomic mass is 16.2. The second kappa shape index (κ2) is 8.29. The number of benzene rings is 2. The van der Waals surface area contributed by atoms with Crippen LogP contribution < -0.4 is 10.6 Å². The molecule has 4 heteroatoms. The van der Waals surface area contributed by atoms with Crippen LogP contribution in [0.3, 0.4) is 0 Å². The van der Waals surface area contributed by atoms with Crippen LogP contribution in [0.5, 0.6) is 0 Å². The molecule has 0 fully saturated rings. The molecule has 0 aromatic heterocycles. The molecule has 4 nitrogen and oxygen atoms in total. The SMILES string of the molecule is CCc1ccc(NC(=O)CC(=O)Nc2ccc(C(C)C)cc2)cc1. The smallest absolute Gasteiger partial charge is 0.233 e. The predicted molar refractivity (Wildman–Crippen MR) is 98.2 cm³/mol. The van der Waals surface area contributed by atoms with Gasteiger partial charge in [0.15, 0.2) is 0 Å². The Kier molecular flexibility index (Phi) is 6.13. The van der Waals surface area contributed by atoms with E-state index in [4.69, 9.17) is 0 Å². The summed E-state index contributed by atoms with van der Waals surface area (Å²) in [5.74, 6) is -0.204. The molecule has 0 unspecified atom stereocenters. The first-order valence-electron chi connectivity index (χ1n) is 8.26. The minimum absolute atomic E-state index is 0.207. The Morgan fingerprint density at radius 1 is 0.833 bits per heavy atom. The number of rotatable bonds is 6. The van der Waals surface area contributed by atoms with E-state index in [9.17, 15) is 9.59 Å². The van der Waals surface area contributed by atoms with Crippen LogP contribution in [0.2, 0.25) is 0 Å². The van der Waals surface area contributed by atoms with E-state index < -0.39 is 0 Å². The van der Waals surface area contributed by atoms with Crippen molar-refractivity contribution in [2.45, 2.75) is 39.5 Å². The average molecular weight is 324 g/mol. The normalized spacial score (nSPS) is 10.5. The molecule has 2 rings (SSSR count). The highest BCUT2D eigenvalue weighted by molar-refractivity contribution is 6.08. The summed E-state index contributed by atoms with van der Waals surface area (Å²) in [7, 11) is 0. The van der Waals surface area contributed by atoms with Crippen molar-refractivity contribution in [1.29, 1.82) is 0 Å². The third kappa shape index (κ3) is 5.23. The first kappa shape index (κ1) is 17.7. The predicted octanol–water partition coefficient (Wildman–Crippen LogP) is 4.34. The van der Waals surface area contributed by atoms with Crippen molar-refractivity contribution >= 4 is 23.2 Å². The summed E-state index contributed by atoms with van der Waals surface area (Å²) in [6.07, 6.45) is 0.744. The van der Waals surface area contributed by atoms with Crippen molar-refractivity contribution < 1.29 is 9.59 Å². The molecule has 0 atom stereocenters. The summed E-state index contributed by atoms with van der Waals surface area (Å²) >= 11 is 0. The summed E-state index contributed by atoms with van der Waals surface area (Å²) < 4.78 is 0. The maximum absolute atomic E-state index is 12.0. The van der Waals surface area contributed by atoms with Crippen LogP contribution in [0.15, 0.2) is 48.5 Å². The Hall–Kier alpha value is -2.62. The van der Waals surface area contributed by atoms with Crippen LogP contribution in [-0.2, 0) is 16.0 Å². The molecular formula is C20H24N2O2. The summed E-state index contributed by atoms with van der Waals surface area (Å²) in [4.78, 5) is 23.9. The van der Waals surface area contributed by atoms with E-state index >= 15 is 0 Å². The van der Waals surface area contributed by atoms with Crippen molar-refractivity contribution in [3.63, 3.8) is 0 Å². The number of nitrogens with one attached hydrogen (secondary N) is 2. The number of aryl methyl sites for hydroxylation is 1. The number of amides is 2. The van der Waals surface area contributed by atoms with Crippen LogP contribution in [-0.4, -0.2) is 11.8 Å². The standard InChI is InChI=1S/C20H24N2O2/c1-4-15-5-9-17(10-6-15)21-19(23)13-20(24)22-18-11-7-16(8-12-18)14(2)3/h5-12,14H,4,13H2,1-3H3,(H,21,23)(H,22,24). The van der Waals surface area contributed by atoms with Gasteiger partial charge in [-0.2, -0.15) is 0 Å². The molecular weight excluding hydrogens is 300 g/mol. The van der Waals surface area contributed by atoms with Gasteiger partial charge in [-0.15, -0.1) is 0 Å². The lowest BCUT2D eigenvalue weighted by atomic mass is 10.0. The fraction of sp³-hybridized carbons (Fsp3) is 0.300. The Balaban J connectivity index is 1.85. The molecule has 0 saturated carbocycles. The van der Waals surface area contributed by atoms with Gasteiger partial charge < -0.3 is 10.6 Å². The topological polar surface area (TPSA) is 58.2 Å². The van der Waals surface area contributed by atoms with Gasteiger partial charge in [0, 0.05) is 11.4 Å². The molecule has 0 aliphatic heterocycles. The summed E-state index contributed by atoms with van der Waals surface area (Å²) in [6, 6.07) is 15.3. The molecule has 2 aromatic carbocycles. The zero-order chi connectivity index (χ0) is 17.5. The van der Waals surface area contributed by atoms with Crippen molar-refractivity contribution in [3.8, 4) is 0 Å². The highest BCUT2D eigenvalue weighted by Crippen LogP contribution is 2.17. The van der Waals surface area contributed by atoms with Gasteiger partial charge in [0.1, 0.15) is 6.42 Å². The highest BCUT2D eigenvalue weighted by Gasteiger charge is 2.10. The quantitative estimate of drug-likeness (QED) is 0.777. The monoisotopic (exact) mass is 324 g/mol. The minimum Gasteiger partial charge on any atom is -0.326 e. The van der Waals surface area contributed by atoms with Crippen LogP contribution in [0.1, 0.15) is 44.2 Å². The van der Waals surface area contributed by atoms with E-state index in [-0.39, 0.29) is 18.2 Å². The molecule has 0 bridgehead atoms. The molecule has 2 aromatic rings. The molecule has 2 amide bonds. The zero-order valence-electron chi connectivity index (χ0n) is 14.4. The van der Waals surface area contributed by atoms with Gasteiger partial charge in [-0.25, -0.2) is 0 Å². The molecule has 0 radical (unpaired) electrons. The van der Waals surface area contributed by atoms with Crippen LogP contribution >= 0.6 is 0 Å².